The topological polar surface area (TPSA) is 61.5 Å². The fraction of sp³-hybridized carbons (Fsp3) is 0.438. The van der Waals surface area contributed by atoms with Crippen molar-refractivity contribution in [3.8, 4) is 0 Å². The summed E-state index contributed by atoms with van der Waals surface area (Å²) in [5.74, 6) is 1.65. The quantitative estimate of drug-likeness (QED) is 0.852. The van der Waals surface area contributed by atoms with Gasteiger partial charge in [-0.2, -0.15) is 0 Å². The summed E-state index contributed by atoms with van der Waals surface area (Å²) >= 11 is 0. The van der Waals surface area contributed by atoms with Gasteiger partial charge in [-0.1, -0.05) is 6.07 Å². The van der Waals surface area contributed by atoms with E-state index in [4.69, 9.17) is 4.42 Å². The molecule has 3 heterocycles. The van der Waals surface area contributed by atoms with Crippen LogP contribution in [-0.4, -0.2) is 29.7 Å². The average Bonchev–Trinajstić information content (AvgIpc) is 3.21. The fourth-order valence-corrected chi connectivity index (χ4v) is 2.59. The molecule has 0 amide bonds. The van der Waals surface area contributed by atoms with Crippen molar-refractivity contribution in [1.29, 1.82) is 0 Å². The Hall–Kier alpha value is -1.85. The van der Waals surface area contributed by atoms with Crippen LogP contribution in [0.2, 0.25) is 0 Å². The maximum Gasteiger partial charge on any atom is 0.133 e. The Bertz CT molecular complexity index is 533. The second kappa shape index (κ2) is 6.74. The number of furan rings is 1. The molecule has 0 aliphatic carbocycles. The molecule has 1 aliphatic rings. The Kier molecular flexibility index (Phi) is 4.52. The van der Waals surface area contributed by atoms with Gasteiger partial charge < -0.3 is 19.7 Å². The van der Waals surface area contributed by atoms with Crippen molar-refractivity contribution in [2.45, 2.75) is 25.5 Å². The normalized spacial score (nSPS) is 16.3. The molecule has 1 saturated heterocycles. The summed E-state index contributed by atoms with van der Waals surface area (Å²) in [6.07, 6.45) is 5.38. The summed E-state index contributed by atoms with van der Waals surface area (Å²) in [6.45, 7) is 3.37. The zero-order chi connectivity index (χ0) is 14.5. The maximum absolute atomic E-state index is 9.90. The van der Waals surface area contributed by atoms with Gasteiger partial charge in [0.05, 0.1) is 6.26 Å². The third-order valence-corrected chi connectivity index (χ3v) is 3.78. The highest BCUT2D eigenvalue weighted by atomic mass is 16.4. The second-order valence-corrected chi connectivity index (χ2v) is 5.38. The molecule has 0 saturated carbocycles. The molecule has 1 fully saturated rings. The number of anilines is 1. The highest BCUT2D eigenvalue weighted by Crippen LogP contribution is 2.17. The molecule has 0 radical (unpaired) electrons. The number of aromatic nitrogens is 1. The van der Waals surface area contributed by atoms with Gasteiger partial charge in [0.2, 0.25) is 0 Å². The van der Waals surface area contributed by atoms with Gasteiger partial charge in [-0.25, -0.2) is 4.98 Å². The van der Waals surface area contributed by atoms with Crippen LogP contribution in [0.3, 0.4) is 0 Å². The van der Waals surface area contributed by atoms with Gasteiger partial charge in [-0.05, 0) is 36.6 Å². The van der Waals surface area contributed by atoms with Gasteiger partial charge in [-0.3, -0.25) is 0 Å². The minimum absolute atomic E-state index is 0.460. The molecule has 3 rings (SSSR count). The van der Waals surface area contributed by atoms with E-state index in [9.17, 15) is 5.11 Å². The molecular formula is C16H21N3O2. The molecule has 2 aromatic heterocycles. The first-order valence-corrected chi connectivity index (χ1v) is 7.45. The number of rotatable bonds is 6. The summed E-state index contributed by atoms with van der Waals surface area (Å²) in [6, 6.07) is 7.72. The number of nitrogens with one attached hydrogen (secondary N) is 1. The van der Waals surface area contributed by atoms with Crippen LogP contribution < -0.4 is 10.2 Å². The minimum Gasteiger partial charge on any atom is -0.467 e. The monoisotopic (exact) mass is 287 g/mol. The lowest BCUT2D eigenvalue weighted by Gasteiger charge is -2.16. The molecule has 2 N–H and O–H groups in total. The molecule has 112 valence electrons. The zero-order valence-electron chi connectivity index (χ0n) is 12.0. The standard InChI is InChI=1S/C16H21N3O2/c20-14(15-4-3-9-21-15)12-17-10-13-5-6-16(18-11-13)19-7-1-2-8-19/h3-6,9,11,14,17,20H,1-2,7-8,10,12H2. The van der Waals surface area contributed by atoms with Crippen molar-refractivity contribution < 1.29 is 9.52 Å². The molecule has 0 bridgehead atoms. The van der Waals surface area contributed by atoms with Crippen LogP contribution in [0.15, 0.2) is 41.1 Å². The van der Waals surface area contributed by atoms with E-state index in [1.165, 1.54) is 12.8 Å². The van der Waals surface area contributed by atoms with Crippen molar-refractivity contribution in [3.05, 3.63) is 48.0 Å². The van der Waals surface area contributed by atoms with Gasteiger partial charge >= 0.3 is 0 Å². The lowest BCUT2D eigenvalue weighted by Crippen LogP contribution is -2.21. The van der Waals surface area contributed by atoms with Crippen molar-refractivity contribution in [3.63, 3.8) is 0 Å². The van der Waals surface area contributed by atoms with E-state index < -0.39 is 6.10 Å². The molecule has 0 aromatic carbocycles. The van der Waals surface area contributed by atoms with Gasteiger partial charge in [0.25, 0.3) is 0 Å². The Balaban J connectivity index is 1.47. The molecule has 21 heavy (non-hydrogen) atoms. The number of pyridine rings is 1. The molecule has 0 spiro atoms. The molecule has 1 unspecified atom stereocenters. The molecule has 1 atom stereocenters. The first kappa shape index (κ1) is 14.1. The number of aliphatic hydroxyl groups is 1. The van der Waals surface area contributed by atoms with E-state index in [-0.39, 0.29) is 0 Å². The summed E-state index contributed by atoms with van der Waals surface area (Å²) in [4.78, 5) is 6.83. The summed E-state index contributed by atoms with van der Waals surface area (Å²) in [5.41, 5.74) is 1.12. The predicted octanol–water partition coefficient (Wildman–Crippen LogP) is 2.10. The number of hydrogen-bond acceptors (Lipinski definition) is 5. The Morgan fingerprint density at radius 2 is 2.14 bits per heavy atom. The van der Waals surface area contributed by atoms with Gasteiger partial charge in [-0.15, -0.1) is 0 Å². The van der Waals surface area contributed by atoms with E-state index in [0.29, 0.717) is 18.8 Å². The highest BCUT2D eigenvalue weighted by Gasteiger charge is 2.13. The highest BCUT2D eigenvalue weighted by molar-refractivity contribution is 5.40. The molecule has 5 heteroatoms. The summed E-state index contributed by atoms with van der Waals surface area (Å²) in [5, 5.41) is 13.1. The number of nitrogens with zero attached hydrogens (tertiary/aromatic N) is 2. The summed E-state index contributed by atoms with van der Waals surface area (Å²) < 4.78 is 5.16. The molecule has 5 nitrogen and oxygen atoms in total. The minimum atomic E-state index is -0.614. The predicted molar refractivity (Wildman–Crippen MR) is 81.1 cm³/mol. The van der Waals surface area contributed by atoms with E-state index in [1.807, 2.05) is 6.20 Å². The Labute approximate surface area is 124 Å². The third-order valence-electron chi connectivity index (χ3n) is 3.78. The second-order valence-electron chi connectivity index (χ2n) is 5.38. The lowest BCUT2D eigenvalue weighted by atomic mass is 10.2. The zero-order valence-corrected chi connectivity index (χ0v) is 12.0. The number of aliphatic hydroxyl groups excluding tert-OH is 1. The number of hydrogen-bond donors (Lipinski definition) is 2. The Morgan fingerprint density at radius 3 is 2.81 bits per heavy atom. The van der Waals surface area contributed by atoms with Crippen molar-refractivity contribution in [2.24, 2.45) is 0 Å². The fourth-order valence-electron chi connectivity index (χ4n) is 2.59. The van der Waals surface area contributed by atoms with Gasteiger partial charge in [0.15, 0.2) is 0 Å². The Morgan fingerprint density at radius 1 is 1.29 bits per heavy atom. The SMILES string of the molecule is OC(CNCc1ccc(N2CCCC2)nc1)c1ccco1. The first-order valence-electron chi connectivity index (χ1n) is 7.45. The molecule has 1 aliphatic heterocycles. The van der Waals surface area contributed by atoms with Crippen LogP contribution in [0.1, 0.15) is 30.3 Å². The van der Waals surface area contributed by atoms with Crippen LogP contribution in [0.25, 0.3) is 0 Å². The van der Waals surface area contributed by atoms with E-state index >= 15 is 0 Å². The van der Waals surface area contributed by atoms with Crippen LogP contribution in [0.4, 0.5) is 5.82 Å². The first-order chi connectivity index (χ1) is 10.3. The van der Waals surface area contributed by atoms with Crippen LogP contribution in [0, 0.1) is 0 Å². The van der Waals surface area contributed by atoms with Gasteiger partial charge in [0, 0.05) is 32.4 Å². The van der Waals surface area contributed by atoms with Crippen molar-refractivity contribution in [2.75, 3.05) is 24.5 Å². The van der Waals surface area contributed by atoms with E-state index in [1.54, 1.807) is 18.4 Å². The van der Waals surface area contributed by atoms with Crippen LogP contribution >= 0.6 is 0 Å². The molecule has 2 aromatic rings. The van der Waals surface area contributed by atoms with E-state index in [0.717, 1.165) is 24.5 Å². The third kappa shape index (κ3) is 3.62. The van der Waals surface area contributed by atoms with E-state index in [2.05, 4.69) is 27.3 Å². The van der Waals surface area contributed by atoms with Crippen LogP contribution in [-0.2, 0) is 6.54 Å². The van der Waals surface area contributed by atoms with Crippen LogP contribution in [0.5, 0.6) is 0 Å². The van der Waals surface area contributed by atoms with Gasteiger partial charge in [0.1, 0.15) is 17.7 Å². The van der Waals surface area contributed by atoms with Crippen molar-refractivity contribution >= 4 is 5.82 Å². The average molecular weight is 287 g/mol. The smallest absolute Gasteiger partial charge is 0.133 e. The maximum atomic E-state index is 9.90. The summed E-state index contributed by atoms with van der Waals surface area (Å²) in [7, 11) is 0. The lowest BCUT2D eigenvalue weighted by molar-refractivity contribution is 0.147. The largest absolute Gasteiger partial charge is 0.467 e. The van der Waals surface area contributed by atoms with Crippen molar-refractivity contribution in [1.82, 2.24) is 10.3 Å². The molecular weight excluding hydrogens is 266 g/mol.